The fraction of sp³-hybridized carbons (Fsp3) is 0.429. The number of carbonyl (C=O) groups excluding carboxylic acids is 1. The van der Waals surface area contributed by atoms with Gasteiger partial charge in [-0.05, 0) is 20.8 Å². The van der Waals surface area contributed by atoms with Crippen LogP contribution in [-0.2, 0) is 9.53 Å². The average Bonchev–Trinajstić information content (AvgIpc) is 1.87. The maximum absolute atomic E-state index is 10.6. The summed E-state index contributed by atoms with van der Waals surface area (Å²) >= 11 is 0. The molecule has 0 aromatic heterocycles. The number of rotatable bonds is 2. The van der Waals surface area contributed by atoms with E-state index in [2.05, 4.69) is 11.7 Å². The van der Waals surface area contributed by atoms with E-state index >= 15 is 0 Å². The third-order valence-electron chi connectivity index (χ3n) is 0.904. The minimum atomic E-state index is -0.285. The van der Waals surface area contributed by atoms with Crippen molar-refractivity contribution in [2.45, 2.75) is 13.8 Å². The van der Waals surface area contributed by atoms with Gasteiger partial charge in [0.1, 0.15) is 0 Å². The van der Waals surface area contributed by atoms with Crippen molar-refractivity contribution in [1.29, 1.82) is 0 Å². The Kier molecular flexibility index (Phi) is 3.76. The van der Waals surface area contributed by atoms with Crippen molar-refractivity contribution in [3.63, 3.8) is 0 Å². The second-order valence-electron chi connectivity index (χ2n) is 1.61. The second kappa shape index (κ2) is 4.13. The van der Waals surface area contributed by atoms with Gasteiger partial charge >= 0.3 is 5.97 Å². The Hall–Kier alpha value is -0.790. The number of allylic oxidation sites excluding steroid dienone is 1. The van der Waals surface area contributed by atoms with Crippen LogP contribution >= 0.6 is 0 Å². The van der Waals surface area contributed by atoms with E-state index in [0.29, 0.717) is 12.2 Å². The van der Waals surface area contributed by atoms with Gasteiger partial charge in [0.25, 0.3) is 0 Å². The summed E-state index contributed by atoms with van der Waals surface area (Å²) in [5.74, 6) is -0.285. The van der Waals surface area contributed by atoms with Crippen molar-refractivity contribution in [3.8, 4) is 0 Å². The molecular weight excluding hydrogens is 116 g/mol. The predicted molar refractivity (Wildman–Crippen MR) is 35.7 cm³/mol. The topological polar surface area (TPSA) is 26.3 Å². The largest absolute Gasteiger partial charge is 0.463 e. The molecule has 0 aliphatic carbocycles. The van der Waals surface area contributed by atoms with Crippen LogP contribution in [0.5, 0.6) is 0 Å². The van der Waals surface area contributed by atoms with E-state index < -0.39 is 0 Å². The van der Waals surface area contributed by atoms with E-state index in [-0.39, 0.29) is 5.97 Å². The number of carbonyl (C=O) groups is 1. The summed E-state index contributed by atoms with van der Waals surface area (Å²) in [5, 5.41) is 0. The monoisotopic (exact) mass is 127 g/mol. The van der Waals surface area contributed by atoms with Gasteiger partial charge in [0, 0.05) is 5.57 Å². The molecule has 2 nitrogen and oxygen atoms in total. The van der Waals surface area contributed by atoms with Crippen LogP contribution in [0.2, 0.25) is 0 Å². The van der Waals surface area contributed by atoms with E-state index in [1.54, 1.807) is 13.8 Å². The Morgan fingerprint density at radius 3 is 2.67 bits per heavy atom. The molecular formula is C7H11O2. The fourth-order valence-electron chi connectivity index (χ4n) is 0.328. The molecule has 0 amide bonds. The molecule has 0 rings (SSSR count). The number of hydrogen-bond donors (Lipinski definition) is 0. The van der Waals surface area contributed by atoms with Crippen LogP contribution in [0.3, 0.4) is 0 Å². The molecule has 0 aliphatic rings. The average molecular weight is 127 g/mol. The zero-order chi connectivity index (χ0) is 7.28. The van der Waals surface area contributed by atoms with Gasteiger partial charge in [-0.3, -0.25) is 0 Å². The molecule has 0 aromatic rings. The lowest BCUT2D eigenvalue weighted by Crippen LogP contribution is -2.04. The molecule has 0 bridgehead atoms. The van der Waals surface area contributed by atoms with Crippen molar-refractivity contribution in [1.82, 2.24) is 0 Å². The quantitative estimate of drug-likeness (QED) is 0.413. The van der Waals surface area contributed by atoms with Crippen LogP contribution in [0.15, 0.2) is 11.6 Å². The maximum atomic E-state index is 10.6. The highest BCUT2D eigenvalue weighted by Gasteiger charge is 2.00. The van der Waals surface area contributed by atoms with Crippen molar-refractivity contribution < 1.29 is 9.53 Å². The standard InChI is InChI=1S/C7H11O2/c1-4-6(3)7(8)9-5-2/h4H,1,5H2,2-3H3/b6-4+. The van der Waals surface area contributed by atoms with Crippen LogP contribution in [0, 0.1) is 6.92 Å². The SMILES string of the molecule is [CH2]/C=C(\C)C(=O)OCC. The van der Waals surface area contributed by atoms with Crippen LogP contribution in [0.1, 0.15) is 13.8 Å². The summed E-state index contributed by atoms with van der Waals surface area (Å²) < 4.78 is 4.65. The van der Waals surface area contributed by atoms with Crippen LogP contribution in [-0.4, -0.2) is 12.6 Å². The summed E-state index contributed by atoms with van der Waals surface area (Å²) in [6.07, 6.45) is 1.48. The predicted octanol–water partition coefficient (Wildman–Crippen LogP) is 1.33. The molecule has 0 spiro atoms. The van der Waals surface area contributed by atoms with Crippen molar-refractivity contribution in [2.75, 3.05) is 6.61 Å². The van der Waals surface area contributed by atoms with Gasteiger partial charge in [-0.25, -0.2) is 4.79 Å². The first-order chi connectivity index (χ1) is 4.22. The molecule has 0 saturated heterocycles. The first kappa shape index (κ1) is 8.21. The highest BCUT2D eigenvalue weighted by atomic mass is 16.5. The van der Waals surface area contributed by atoms with Gasteiger partial charge in [0.2, 0.25) is 0 Å². The third-order valence-corrected chi connectivity index (χ3v) is 0.904. The maximum Gasteiger partial charge on any atom is 0.333 e. The molecule has 0 aromatic carbocycles. The van der Waals surface area contributed by atoms with Crippen molar-refractivity contribution in [3.05, 3.63) is 18.6 Å². The van der Waals surface area contributed by atoms with Gasteiger partial charge in [-0.2, -0.15) is 0 Å². The van der Waals surface area contributed by atoms with E-state index in [4.69, 9.17) is 0 Å². The number of ether oxygens (including phenoxy) is 1. The minimum Gasteiger partial charge on any atom is -0.463 e. The van der Waals surface area contributed by atoms with Gasteiger partial charge in [0.15, 0.2) is 0 Å². The summed E-state index contributed by atoms with van der Waals surface area (Å²) in [5.41, 5.74) is 0.553. The zero-order valence-corrected chi connectivity index (χ0v) is 5.81. The first-order valence-corrected chi connectivity index (χ1v) is 2.85. The Balaban J connectivity index is 3.74. The normalized spacial score (nSPS) is 11.2. The molecule has 0 saturated carbocycles. The fourth-order valence-corrected chi connectivity index (χ4v) is 0.328. The zero-order valence-electron chi connectivity index (χ0n) is 5.81. The molecule has 51 valence electrons. The van der Waals surface area contributed by atoms with E-state index in [9.17, 15) is 4.79 Å². The Bertz CT molecular complexity index is 125. The van der Waals surface area contributed by atoms with Crippen LogP contribution in [0.25, 0.3) is 0 Å². The Morgan fingerprint density at radius 1 is 1.78 bits per heavy atom. The number of esters is 1. The summed E-state index contributed by atoms with van der Waals surface area (Å²) in [7, 11) is 0. The molecule has 0 unspecified atom stereocenters. The van der Waals surface area contributed by atoms with Crippen LogP contribution in [0.4, 0.5) is 0 Å². The minimum absolute atomic E-state index is 0.285. The Morgan fingerprint density at radius 2 is 2.33 bits per heavy atom. The van der Waals surface area contributed by atoms with Crippen molar-refractivity contribution >= 4 is 5.97 Å². The molecule has 1 radical (unpaired) electrons. The highest BCUT2D eigenvalue weighted by Crippen LogP contribution is 1.93. The highest BCUT2D eigenvalue weighted by molar-refractivity contribution is 5.87. The second-order valence-corrected chi connectivity index (χ2v) is 1.61. The summed E-state index contributed by atoms with van der Waals surface area (Å²) in [4.78, 5) is 10.6. The molecule has 0 atom stereocenters. The summed E-state index contributed by atoms with van der Waals surface area (Å²) in [6.45, 7) is 7.29. The third kappa shape index (κ3) is 2.90. The molecule has 0 heterocycles. The van der Waals surface area contributed by atoms with Crippen LogP contribution < -0.4 is 0 Å². The van der Waals surface area contributed by atoms with E-state index in [1.165, 1.54) is 6.08 Å². The molecule has 0 fully saturated rings. The lowest BCUT2D eigenvalue weighted by molar-refractivity contribution is -0.138. The smallest absolute Gasteiger partial charge is 0.333 e. The molecule has 9 heavy (non-hydrogen) atoms. The first-order valence-electron chi connectivity index (χ1n) is 2.85. The number of hydrogen-bond acceptors (Lipinski definition) is 2. The lowest BCUT2D eigenvalue weighted by atomic mass is 10.3. The van der Waals surface area contributed by atoms with Crippen molar-refractivity contribution in [2.24, 2.45) is 0 Å². The van der Waals surface area contributed by atoms with Gasteiger partial charge in [0.05, 0.1) is 6.61 Å². The van der Waals surface area contributed by atoms with Gasteiger partial charge in [-0.1, -0.05) is 6.08 Å². The summed E-state index contributed by atoms with van der Waals surface area (Å²) in [6, 6.07) is 0. The molecule has 0 N–H and O–H groups in total. The Labute approximate surface area is 55.5 Å². The van der Waals surface area contributed by atoms with Gasteiger partial charge < -0.3 is 4.74 Å². The van der Waals surface area contributed by atoms with Gasteiger partial charge in [-0.15, -0.1) is 0 Å². The molecule has 0 aliphatic heterocycles. The lowest BCUT2D eigenvalue weighted by Gasteiger charge is -1.98. The van der Waals surface area contributed by atoms with E-state index in [1.807, 2.05) is 0 Å². The molecule has 2 heteroatoms. The van der Waals surface area contributed by atoms with E-state index in [0.717, 1.165) is 0 Å².